The van der Waals surface area contributed by atoms with Crippen LogP contribution in [0.2, 0.25) is 0 Å². The van der Waals surface area contributed by atoms with Gasteiger partial charge in [0.2, 0.25) is 0 Å². The second kappa shape index (κ2) is 4.98. The molecule has 2 aromatic carbocycles. The third kappa shape index (κ3) is 2.60. The van der Waals surface area contributed by atoms with Gasteiger partial charge in [-0.1, -0.05) is 23.4 Å². The van der Waals surface area contributed by atoms with Gasteiger partial charge in [0.25, 0.3) is 0 Å². The maximum Gasteiger partial charge on any atom is 0.127 e. The lowest BCUT2D eigenvalue weighted by Crippen LogP contribution is -1.85. The second-order valence-electron chi connectivity index (χ2n) is 3.23. The molecule has 0 bridgehead atoms. The topological polar surface area (TPSA) is 41.8 Å². The van der Waals surface area contributed by atoms with E-state index in [4.69, 9.17) is 9.94 Å². The van der Waals surface area contributed by atoms with Gasteiger partial charge >= 0.3 is 0 Å². The van der Waals surface area contributed by atoms with Crippen molar-refractivity contribution in [2.75, 3.05) is 0 Å². The molecular weight excluding hydrogens is 202 g/mol. The molecule has 0 heterocycles. The first kappa shape index (κ1) is 10.2. The van der Waals surface area contributed by atoms with Crippen molar-refractivity contribution in [3.63, 3.8) is 0 Å². The normalized spacial score (nSPS) is 10.5. The molecule has 0 radical (unpaired) electrons. The van der Waals surface area contributed by atoms with E-state index in [0.29, 0.717) is 0 Å². The average molecular weight is 213 g/mol. The molecule has 80 valence electrons. The molecule has 0 saturated heterocycles. The molecule has 0 fully saturated rings. The van der Waals surface area contributed by atoms with Gasteiger partial charge in [-0.15, -0.1) is 0 Å². The molecule has 2 rings (SSSR count). The number of para-hydroxylation sites is 1. The Kier molecular flexibility index (Phi) is 3.18. The van der Waals surface area contributed by atoms with E-state index < -0.39 is 0 Å². The Balaban J connectivity index is 2.11. The monoisotopic (exact) mass is 213 g/mol. The van der Waals surface area contributed by atoms with Crippen molar-refractivity contribution in [3.8, 4) is 11.5 Å². The van der Waals surface area contributed by atoms with Crippen molar-refractivity contribution >= 4 is 6.21 Å². The average Bonchev–Trinajstić information content (AvgIpc) is 2.33. The maximum absolute atomic E-state index is 8.36. The van der Waals surface area contributed by atoms with Crippen LogP contribution in [0.25, 0.3) is 0 Å². The quantitative estimate of drug-likeness (QED) is 0.483. The Hall–Kier alpha value is -2.29. The highest BCUT2D eigenvalue weighted by molar-refractivity contribution is 5.79. The lowest BCUT2D eigenvalue weighted by atomic mass is 10.2. The van der Waals surface area contributed by atoms with Crippen molar-refractivity contribution in [2.45, 2.75) is 0 Å². The summed E-state index contributed by atoms with van der Waals surface area (Å²) >= 11 is 0. The summed E-state index contributed by atoms with van der Waals surface area (Å²) in [6, 6.07) is 16.8. The predicted octanol–water partition coefficient (Wildman–Crippen LogP) is 3.29. The van der Waals surface area contributed by atoms with Gasteiger partial charge in [0, 0.05) is 0 Å². The predicted molar refractivity (Wildman–Crippen MR) is 62.3 cm³/mol. The summed E-state index contributed by atoms with van der Waals surface area (Å²) in [6.45, 7) is 0. The van der Waals surface area contributed by atoms with E-state index in [2.05, 4.69) is 5.16 Å². The fraction of sp³-hybridized carbons (Fsp3) is 0. The lowest BCUT2D eigenvalue weighted by Gasteiger charge is -2.04. The fourth-order valence-electron chi connectivity index (χ4n) is 1.31. The summed E-state index contributed by atoms with van der Waals surface area (Å²) in [7, 11) is 0. The Morgan fingerprint density at radius 2 is 1.50 bits per heavy atom. The number of hydrogen-bond donors (Lipinski definition) is 1. The molecule has 3 heteroatoms. The lowest BCUT2D eigenvalue weighted by molar-refractivity contribution is 0.322. The highest BCUT2D eigenvalue weighted by atomic mass is 16.5. The minimum absolute atomic E-state index is 0.751. The molecule has 2 aromatic rings. The van der Waals surface area contributed by atoms with E-state index >= 15 is 0 Å². The Labute approximate surface area is 93.6 Å². The number of rotatable bonds is 3. The maximum atomic E-state index is 8.36. The molecule has 0 saturated carbocycles. The number of benzene rings is 2. The van der Waals surface area contributed by atoms with Crippen molar-refractivity contribution in [3.05, 3.63) is 60.2 Å². The minimum Gasteiger partial charge on any atom is -0.457 e. The molecular formula is C13H11NO2. The van der Waals surface area contributed by atoms with Crippen molar-refractivity contribution < 1.29 is 9.94 Å². The summed E-state index contributed by atoms with van der Waals surface area (Å²) in [4.78, 5) is 0. The van der Waals surface area contributed by atoms with Gasteiger partial charge in [0.15, 0.2) is 0 Å². The highest BCUT2D eigenvalue weighted by Gasteiger charge is 1.95. The number of ether oxygens (including phenoxy) is 1. The van der Waals surface area contributed by atoms with E-state index in [-0.39, 0.29) is 0 Å². The fourth-order valence-corrected chi connectivity index (χ4v) is 1.31. The molecule has 0 spiro atoms. The summed E-state index contributed by atoms with van der Waals surface area (Å²) in [6.07, 6.45) is 1.37. The summed E-state index contributed by atoms with van der Waals surface area (Å²) in [5.74, 6) is 1.55. The van der Waals surface area contributed by atoms with Gasteiger partial charge in [0.05, 0.1) is 6.21 Å². The van der Waals surface area contributed by atoms with Crippen LogP contribution in [0.5, 0.6) is 11.5 Å². The first-order valence-electron chi connectivity index (χ1n) is 4.89. The number of hydrogen-bond acceptors (Lipinski definition) is 3. The third-order valence-corrected chi connectivity index (χ3v) is 2.07. The summed E-state index contributed by atoms with van der Waals surface area (Å²) < 4.78 is 5.60. The number of oxime groups is 1. The smallest absolute Gasteiger partial charge is 0.127 e. The van der Waals surface area contributed by atoms with Crippen molar-refractivity contribution in [2.24, 2.45) is 5.16 Å². The minimum atomic E-state index is 0.751. The Bertz CT molecular complexity index is 463. The summed E-state index contributed by atoms with van der Waals surface area (Å²) in [5.41, 5.74) is 0.822. The van der Waals surface area contributed by atoms with Crippen LogP contribution in [0.1, 0.15) is 5.56 Å². The molecule has 0 aromatic heterocycles. The van der Waals surface area contributed by atoms with Crippen LogP contribution in [-0.4, -0.2) is 11.4 Å². The molecule has 16 heavy (non-hydrogen) atoms. The molecule has 0 atom stereocenters. The van der Waals surface area contributed by atoms with E-state index in [1.54, 1.807) is 0 Å². The molecule has 0 amide bonds. The molecule has 0 unspecified atom stereocenters. The van der Waals surface area contributed by atoms with Gasteiger partial charge < -0.3 is 9.94 Å². The highest BCUT2D eigenvalue weighted by Crippen LogP contribution is 2.20. The second-order valence-corrected chi connectivity index (χ2v) is 3.23. The van der Waals surface area contributed by atoms with Crippen LogP contribution >= 0.6 is 0 Å². The van der Waals surface area contributed by atoms with Gasteiger partial charge in [-0.3, -0.25) is 0 Å². The van der Waals surface area contributed by atoms with Crippen LogP contribution in [-0.2, 0) is 0 Å². The van der Waals surface area contributed by atoms with E-state index in [0.717, 1.165) is 17.1 Å². The van der Waals surface area contributed by atoms with Gasteiger partial charge in [-0.25, -0.2) is 0 Å². The molecule has 0 aliphatic carbocycles. The Morgan fingerprint density at radius 1 is 0.875 bits per heavy atom. The van der Waals surface area contributed by atoms with Crippen LogP contribution < -0.4 is 4.74 Å². The molecule has 0 aliphatic rings. The first-order valence-corrected chi connectivity index (χ1v) is 4.89. The van der Waals surface area contributed by atoms with Crippen LogP contribution in [0, 0.1) is 0 Å². The zero-order chi connectivity index (χ0) is 11.2. The SMILES string of the molecule is O/N=C\c1ccc(Oc2ccccc2)cc1. The van der Waals surface area contributed by atoms with Crippen LogP contribution in [0.15, 0.2) is 59.8 Å². The zero-order valence-electron chi connectivity index (χ0n) is 8.58. The molecule has 1 N–H and O–H groups in total. The summed E-state index contributed by atoms with van der Waals surface area (Å²) in [5, 5.41) is 11.3. The van der Waals surface area contributed by atoms with E-state index in [1.807, 2.05) is 54.6 Å². The van der Waals surface area contributed by atoms with Crippen LogP contribution in [0.4, 0.5) is 0 Å². The molecule has 0 aliphatic heterocycles. The van der Waals surface area contributed by atoms with Gasteiger partial charge in [-0.05, 0) is 42.0 Å². The standard InChI is InChI=1S/C13H11NO2/c15-14-10-11-6-8-13(9-7-11)16-12-4-2-1-3-5-12/h1-10,15H/b14-10-. The molecule has 3 nitrogen and oxygen atoms in total. The third-order valence-electron chi connectivity index (χ3n) is 2.07. The first-order chi connectivity index (χ1) is 7.88. The Morgan fingerprint density at radius 3 is 2.12 bits per heavy atom. The van der Waals surface area contributed by atoms with Gasteiger partial charge in [-0.2, -0.15) is 0 Å². The van der Waals surface area contributed by atoms with E-state index in [1.165, 1.54) is 6.21 Å². The zero-order valence-corrected chi connectivity index (χ0v) is 8.58. The van der Waals surface area contributed by atoms with Crippen molar-refractivity contribution in [1.82, 2.24) is 0 Å². The van der Waals surface area contributed by atoms with Crippen LogP contribution in [0.3, 0.4) is 0 Å². The largest absolute Gasteiger partial charge is 0.457 e. The van der Waals surface area contributed by atoms with E-state index in [9.17, 15) is 0 Å². The van der Waals surface area contributed by atoms with Gasteiger partial charge in [0.1, 0.15) is 11.5 Å². The van der Waals surface area contributed by atoms with Crippen molar-refractivity contribution in [1.29, 1.82) is 0 Å². The number of nitrogens with zero attached hydrogens (tertiary/aromatic N) is 1.